The van der Waals surface area contributed by atoms with Gasteiger partial charge >= 0.3 is 0 Å². The Kier molecular flexibility index (Phi) is 1.75. The maximum Gasteiger partial charge on any atom is 0.141 e. The third-order valence-electron chi connectivity index (χ3n) is 1.83. The minimum absolute atomic E-state index is 0.106. The number of hydrogen-bond donors (Lipinski definition) is 1. The molecule has 1 aromatic rings. The van der Waals surface area contributed by atoms with Crippen molar-refractivity contribution in [3.05, 3.63) is 54.3 Å². The minimum atomic E-state index is -0.215. The van der Waals surface area contributed by atoms with Crippen molar-refractivity contribution in [2.45, 2.75) is 6.10 Å². The molecule has 0 radical (unpaired) electrons. The Morgan fingerprint density at radius 3 is 2.92 bits per heavy atom. The molecular formula is C11H10O2. The molecule has 13 heavy (non-hydrogen) atoms. The molecule has 1 unspecified atom stereocenters. The van der Waals surface area contributed by atoms with Crippen LogP contribution in [-0.4, -0.2) is 5.11 Å². The van der Waals surface area contributed by atoms with Gasteiger partial charge in [0.25, 0.3) is 0 Å². The summed E-state index contributed by atoms with van der Waals surface area (Å²) in [4.78, 5) is 0. The molecule has 1 aliphatic rings. The van der Waals surface area contributed by atoms with Gasteiger partial charge in [-0.2, -0.15) is 0 Å². The van der Waals surface area contributed by atoms with Crippen LogP contribution in [0.25, 0.3) is 0 Å². The molecule has 0 saturated heterocycles. The van der Waals surface area contributed by atoms with Crippen LogP contribution in [0.2, 0.25) is 0 Å². The van der Waals surface area contributed by atoms with E-state index in [0.717, 1.165) is 5.56 Å². The third-order valence-corrected chi connectivity index (χ3v) is 1.83. The van der Waals surface area contributed by atoms with Crippen LogP contribution in [0.4, 0.5) is 0 Å². The zero-order chi connectivity index (χ0) is 9.97. The van der Waals surface area contributed by atoms with Crippen molar-refractivity contribution in [3.8, 4) is 5.75 Å². The number of hydrogen-bond acceptors (Lipinski definition) is 2. The number of phenols is 1. The number of ether oxygens (including phenoxy) is 1. The molecule has 1 heterocycles. The summed E-state index contributed by atoms with van der Waals surface area (Å²) in [6.07, 6.45) is 6.91. The van der Waals surface area contributed by atoms with Crippen LogP contribution in [0.15, 0.2) is 48.7 Å². The Morgan fingerprint density at radius 2 is 2.23 bits per heavy atom. The quantitative estimate of drug-likeness (QED) is 0.710. The van der Waals surface area contributed by atoms with E-state index in [4.69, 9.17) is 11.2 Å². The van der Waals surface area contributed by atoms with E-state index in [1.165, 1.54) is 6.07 Å². The predicted octanol–water partition coefficient (Wildman–Crippen LogP) is 2.53. The van der Waals surface area contributed by atoms with Crippen LogP contribution >= 0.6 is 0 Å². The van der Waals surface area contributed by atoms with Gasteiger partial charge in [0.1, 0.15) is 11.9 Å². The average Bonchev–Trinajstić information content (AvgIpc) is 2.19. The summed E-state index contributed by atoms with van der Waals surface area (Å²) in [5.74, 6) is 0.106. The summed E-state index contributed by atoms with van der Waals surface area (Å²) in [6.45, 7) is 0. The normalized spacial score (nSPS) is 20.9. The van der Waals surface area contributed by atoms with E-state index < -0.39 is 0 Å². The van der Waals surface area contributed by atoms with Crippen molar-refractivity contribution < 1.29 is 11.2 Å². The molecule has 0 saturated carbocycles. The first-order valence-corrected chi connectivity index (χ1v) is 4.06. The Hall–Kier alpha value is -1.70. The monoisotopic (exact) mass is 175 g/mol. The standard InChI is InChI=1S/C11H10O2/c12-10-6-4-9(5-7-10)11-3-1-2-8-13-11/h1-8,11-12H/i4D. The topological polar surface area (TPSA) is 29.5 Å². The van der Waals surface area contributed by atoms with Crippen LogP contribution < -0.4 is 0 Å². The largest absolute Gasteiger partial charge is 0.508 e. The maximum atomic E-state index is 9.14. The zero-order valence-corrected chi connectivity index (χ0v) is 6.97. The molecule has 0 amide bonds. The summed E-state index contributed by atoms with van der Waals surface area (Å²) in [7, 11) is 0. The van der Waals surface area contributed by atoms with Gasteiger partial charge in [-0.3, -0.25) is 0 Å². The van der Waals surface area contributed by atoms with Crippen LogP contribution in [0, 0.1) is 0 Å². The van der Waals surface area contributed by atoms with E-state index in [2.05, 4.69) is 0 Å². The van der Waals surface area contributed by atoms with Crippen LogP contribution in [0.1, 0.15) is 13.0 Å². The smallest absolute Gasteiger partial charge is 0.141 e. The molecule has 0 aromatic heterocycles. The fourth-order valence-electron chi connectivity index (χ4n) is 1.17. The van der Waals surface area contributed by atoms with Gasteiger partial charge in [-0.1, -0.05) is 18.2 Å². The van der Waals surface area contributed by atoms with Crippen LogP contribution in [0.5, 0.6) is 5.75 Å². The Balaban J connectivity index is 2.32. The van der Waals surface area contributed by atoms with E-state index in [-0.39, 0.29) is 17.9 Å². The fraction of sp³-hybridized carbons (Fsp3) is 0.0909. The van der Waals surface area contributed by atoms with Crippen LogP contribution in [-0.2, 0) is 4.74 Å². The highest BCUT2D eigenvalue weighted by Gasteiger charge is 2.08. The highest BCUT2D eigenvalue weighted by Crippen LogP contribution is 2.23. The molecule has 1 aliphatic heterocycles. The first-order valence-electron chi connectivity index (χ1n) is 4.56. The van der Waals surface area contributed by atoms with Crippen LogP contribution in [0.3, 0.4) is 0 Å². The second kappa shape index (κ2) is 3.35. The van der Waals surface area contributed by atoms with Gasteiger partial charge in [-0.05, 0) is 29.8 Å². The first kappa shape index (κ1) is 6.78. The van der Waals surface area contributed by atoms with Gasteiger partial charge in [-0.25, -0.2) is 0 Å². The van der Waals surface area contributed by atoms with Gasteiger partial charge in [-0.15, -0.1) is 0 Å². The van der Waals surface area contributed by atoms with Crippen molar-refractivity contribution in [2.75, 3.05) is 0 Å². The molecule has 0 spiro atoms. The minimum Gasteiger partial charge on any atom is -0.508 e. The summed E-state index contributed by atoms with van der Waals surface area (Å²) in [6, 6.07) is 4.95. The lowest BCUT2D eigenvalue weighted by Gasteiger charge is -2.14. The lowest BCUT2D eigenvalue weighted by Crippen LogP contribution is -1.98. The van der Waals surface area contributed by atoms with E-state index in [1.807, 2.05) is 12.2 Å². The van der Waals surface area contributed by atoms with Gasteiger partial charge in [0.15, 0.2) is 0 Å². The van der Waals surface area contributed by atoms with Crippen molar-refractivity contribution in [3.63, 3.8) is 0 Å². The van der Waals surface area contributed by atoms with Crippen molar-refractivity contribution in [1.29, 1.82) is 0 Å². The molecule has 0 bridgehead atoms. The molecule has 2 heteroatoms. The Labute approximate surface area is 78.2 Å². The number of phenolic OH excluding ortho intramolecular Hbond substituents is 1. The SMILES string of the molecule is [2H]c1cc(O)ccc1C1C=CC=CO1. The number of aromatic hydroxyl groups is 1. The highest BCUT2D eigenvalue weighted by molar-refractivity contribution is 5.30. The molecule has 2 nitrogen and oxygen atoms in total. The number of rotatable bonds is 1. The Morgan fingerprint density at radius 1 is 1.31 bits per heavy atom. The van der Waals surface area contributed by atoms with Gasteiger partial charge < -0.3 is 9.84 Å². The second-order valence-electron chi connectivity index (χ2n) is 2.77. The molecular weight excluding hydrogens is 164 g/mol. The number of allylic oxidation sites excluding steroid dienone is 2. The fourth-order valence-corrected chi connectivity index (χ4v) is 1.17. The average molecular weight is 175 g/mol. The zero-order valence-electron chi connectivity index (χ0n) is 7.97. The van der Waals surface area contributed by atoms with Crippen molar-refractivity contribution >= 4 is 0 Å². The number of benzene rings is 1. The first-order chi connectivity index (χ1) is 6.77. The third kappa shape index (κ3) is 1.72. The van der Waals surface area contributed by atoms with E-state index in [9.17, 15) is 0 Å². The van der Waals surface area contributed by atoms with Gasteiger partial charge in [0, 0.05) is 0 Å². The van der Waals surface area contributed by atoms with E-state index in [0.29, 0.717) is 0 Å². The highest BCUT2D eigenvalue weighted by atomic mass is 16.5. The molecule has 1 aromatic carbocycles. The Bertz CT molecular complexity index is 396. The lowest BCUT2D eigenvalue weighted by molar-refractivity contribution is 0.186. The van der Waals surface area contributed by atoms with Crippen molar-refractivity contribution in [2.24, 2.45) is 0 Å². The van der Waals surface area contributed by atoms with Crippen molar-refractivity contribution in [1.82, 2.24) is 0 Å². The molecule has 0 fully saturated rings. The van der Waals surface area contributed by atoms with Gasteiger partial charge in [0.05, 0.1) is 7.63 Å². The molecule has 66 valence electrons. The van der Waals surface area contributed by atoms with Gasteiger partial charge in [0.2, 0.25) is 0 Å². The molecule has 1 atom stereocenters. The summed E-state index contributed by atoms with van der Waals surface area (Å²) in [5, 5.41) is 9.14. The maximum absolute atomic E-state index is 9.14. The molecule has 2 rings (SSSR count). The lowest BCUT2D eigenvalue weighted by atomic mass is 10.1. The summed E-state index contributed by atoms with van der Waals surface area (Å²) >= 11 is 0. The predicted molar refractivity (Wildman–Crippen MR) is 50.2 cm³/mol. The summed E-state index contributed by atoms with van der Waals surface area (Å²) in [5.41, 5.74) is 0.753. The molecule has 0 aliphatic carbocycles. The molecule has 1 N–H and O–H groups in total. The van der Waals surface area contributed by atoms with E-state index in [1.54, 1.807) is 24.5 Å². The second-order valence-corrected chi connectivity index (χ2v) is 2.77. The summed E-state index contributed by atoms with van der Waals surface area (Å²) < 4.78 is 13.0. The van der Waals surface area contributed by atoms with E-state index >= 15 is 0 Å².